The number of hydrogen-bond acceptors (Lipinski definition) is 5. The second-order valence-electron chi connectivity index (χ2n) is 1.19. The predicted octanol–water partition coefficient (Wildman–Crippen LogP) is -2.44. The van der Waals surface area contributed by atoms with Gasteiger partial charge in [-0.2, -0.15) is 5.48 Å². The summed E-state index contributed by atoms with van der Waals surface area (Å²) in [6, 6.07) is 0. The van der Waals surface area contributed by atoms with Gasteiger partial charge in [0, 0.05) is 0 Å². The van der Waals surface area contributed by atoms with Crippen molar-refractivity contribution in [1.29, 1.82) is 0 Å². The first-order valence-electron chi connectivity index (χ1n) is 1.66. The Kier molecular flexibility index (Phi) is 2.13. The molecule has 0 aliphatic carbocycles. The van der Waals surface area contributed by atoms with Crippen molar-refractivity contribution >= 4 is 0 Å². The summed E-state index contributed by atoms with van der Waals surface area (Å²) >= 11 is 0. The van der Waals surface area contributed by atoms with Crippen LogP contribution in [0.1, 0.15) is 0 Å². The van der Waals surface area contributed by atoms with Crippen LogP contribution >= 0.6 is 0 Å². The third-order valence-corrected chi connectivity index (χ3v) is 0.435. The van der Waals surface area contributed by atoms with E-state index in [0.717, 1.165) is 0 Å². The number of aliphatic hydroxyl groups excluding tert-OH is 1. The minimum absolute atomic E-state index is 0.733. The average Bonchev–Trinajstić information content (AvgIpc) is 1.68. The van der Waals surface area contributed by atoms with Crippen LogP contribution in [-0.2, 0) is 0 Å². The summed E-state index contributed by atoms with van der Waals surface area (Å²) in [5.41, 5.74) is 5.93. The second kappa shape index (κ2) is 2.20. The van der Waals surface area contributed by atoms with E-state index in [1.54, 1.807) is 0 Å². The number of hydrogen-bond donors (Lipinski definition) is 5. The minimum Gasteiger partial charge on any atom is -0.390 e. The van der Waals surface area contributed by atoms with Crippen molar-refractivity contribution < 1.29 is 15.4 Å². The van der Waals surface area contributed by atoms with Crippen LogP contribution in [0.2, 0.25) is 0 Å². The Hall–Kier alpha value is -0.200. The van der Waals surface area contributed by atoms with Gasteiger partial charge in [-0.3, -0.25) is 5.73 Å². The van der Waals surface area contributed by atoms with E-state index >= 15 is 0 Å². The van der Waals surface area contributed by atoms with Crippen molar-refractivity contribution in [2.24, 2.45) is 5.73 Å². The third kappa shape index (κ3) is 2.49. The first-order valence-corrected chi connectivity index (χ1v) is 1.66. The fourth-order valence-corrected chi connectivity index (χ4v) is 0.0354. The lowest BCUT2D eigenvalue weighted by Crippen LogP contribution is -2.55. The first-order chi connectivity index (χ1) is 3.12. The van der Waals surface area contributed by atoms with Crippen molar-refractivity contribution in [1.82, 2.24) is 5.48 Å². The summed E-state index contributed by atoms with van der Waals surface area (Å²) in [6.45, 7) is -0.733. The Morgan fingerprint density at radius 2 is 2.14 bits per heavy atom. The molecule has 44 valence electrons. The molecule has 6 N–H and O–H groups in total. The first kappa shape index (κ1) is 6.80. The molecule has 0 rings (SSSR count). The molecule has 0 fully saturated rings. The van der Waals surface area contributed by atoms with E-state index in [1.165, 1.54) is 5.48 Å². The van der Waals surface area contributed by atoms with Gasteiger partial charge in [-0.25, -0.2) is 0 Å². The van der Waals surface area contributed by atoms with Crippen LogP contribution in [-0.4, -0.2) is 27.9 Å². The lowest BCUT2D eigenvalue weighted by Gasteiger charge is -2.15. The number of hydroxylamine groups is 1. The smallest absolute Gasteiger partial charge is 0.215 e. The van der Waals surface area contributed by atoms with Gasteiger partial charge in [0.15, 0.2) is 0 Å². The highest BCUT2D eigenvalue weighted by Gasteiger charge is 2.15. The Morgan fingerprint density at radius 3 is 2.14 bits per heavy atom. The molecule has 0 amide bonds. The van der Waals surface area contributed by atoms with Crippen molar-refractivity contribution in [3.63, 3.8) is 0 Å². The molecular formula is C2H8N2O3. The molecule has 0 spiro atoms. The summed E-state index contributed by atoms with van der Waals surface area (Å²) in [4.78, 5) is 0. The van der Waals surface area contributed by atoms with Gasteiger partial charge in [0.05, 0.1) is 0 Å². The van der Waals surface area contributed by atoms with Crippen LogP contribution in [0.5, 0.6) is 0 Å². The van der Waals surface area contributed by atoms with Crippen LogP contribution in [0.15, 0.2) is 0 Å². The van der Waals surface area contributed by atoms with Crippen LogP contribution in [0, 0.1) is 0 Å². The molecular weight excluding hydrogens is 100 g/mol. The summed E-state index contributed by atoms with van der Waals surface area (Å²) < 4.78 is 0. The quantitative estimate of drug-likeness (QED) is 0.200. The average molecular weight is 108 g/mol. The van der Waals surface area contributed by atoms with Crippen LogP contribution in [0.3, 0.4) is 0 Å². The van der Waals surface area contributed by atoms with E-state index in [-0.39, 0.29) is 0 Å². The Morgan fingerprint density at radius 1 is 1.71 bits per heavy atom. The van der Waals surface area contributed by atoms with Crippen LogP contribution in [0.25, 0.3) is 0 Å². The standard InChI is InChI=1S/C2H8N2O3/c3-2(6,1-5)4-7/h4-7H,1,3H2/t2-/m0/s1. The van der Waals surface area contributed by atoms with Gasteiger partial charge >= 0.3 is 0 Å². The highest BCUT2D eigenvalue weighted by atomic mass is 16.5. The summed E-state index contributed by atoms with van der Waals surface area (Å²) in [7, 11) is 0. The SMILES string of the molecule is N[C@@](O)(CO)NO. The summed E-state index contributed by atoms with van der Waals surface area (Å²) in [5, 5.41) is 24.1. The van der Waals surface area contributed by atoms with Gasteiger partial charge in [-0.15, -0.1) is 0 Å². The molecule has 1 atom stereocenters. The number of nitrogens with one attached hydrogen (secondary N) is 1. The van der Waals surface area contributed by atoms with E-state index < -0.39 is 12.5 Å². The maximum atomic E-state index is 8.30. The summed E-state index contributed by atoms with van der Waals surface area (Å²) in [6.07, 6.45) is 0. The molecule has 0 saturated heterocycles. The topological polar surface area (TPSA) is 98.7 Å². The molecule has 0 heterocycles. The van der Waals surface area contributed by atoms with Gasteiger partial charge in [0.25, 0.3) is 0 Å². The predicted molar refractivity (Wildman–Crippen MR) is 21.1 cm³/mol. The normalized spacial score (nSPS) is 18.9. The van der Waals surface area contributed by atoms with Crippen molar-refractivity contribution in [2.45, 2.75) is 5.85 Å². The molecule has 5 nitrogen and oxygen atoms in total. The van der Waals surface area contributed by atoms with Crippen molar-refractivity contribution in [3.05, 3.63) is 0 Å². The van der Waals surface area contributed by atoms with Crippen LogP contribution < -0.4 is 11.2 Å². The molecule has 0 aromatic heterocycles. The van der Waals surface area contributed by atoms with E-state index in [4.69, 9.17) is 15.4 Å². The largest absolute Gasteiger partial charge is 0.390 e. The Balaban J connectivity index is 3.36. The van der Waals surface area contributed by atoms with Crippen molar-refractivity contribution in [2.75, 3.05) is 6.61 Å². The molecule has 0 bridgehead atoms. The maximum Gasteiger partial charge on any atom is 0.215 e. The lowest BCUT2D eigenvalue weighted by atomic mass is 10.5. The molecule has 0 unspecified atom stereocenters. The molecule has 0 radical (unpaired) electrons. The summed E-state index contributed by atoms with van der Waals surface area (Å²) in [5.74, 6) is -2.06. The zero-order chi connectivity index (χ0) is 5.91. The monoisotopic (exact) mass is 108 g/mol. The van der Waals surface area contributed by atoms with Gasteiger partial charge in [-0.1, -0.05) is 0 Å². The lowest BCUT2D eigenvalue weighted by molar-refractivity contribution is -0.117. The number of nitrogens with two attached hydrogens (primary N) is 1. The molecule has 0 aromatic rings. The molecule has 0 aliphatic heterocycles. The van der Waals surface area contributed by atoms with Gasteiger partial charge in [-0.05, 0) is 0 Å². The zero-order valence-electron chi connectivity index (χ0n) is 3.63. The molecule has 0 aromatic carbocycles. The fraction of sp³-hybridized carbons (Fsp3) is 1.00. The zero-order valence-corrected chi connectivity index (χ0v) is 3.63. The van der Waals surface area contributed by atoms with E-state index in [2.05, 4.69) is 5.73 Å². The van der Waals surface area contributed by atoms with Gasteiger partial charge in [0.2, 0.25) is 5.85 Å². The van der Waals surface area contributed by atoms with Crippen molar-refractivity contribution in [3.8, 4) is 0 Å². The fourth-order valence-electron chi connectivity index (χ4n) is 0.0354. The number of aliphatic hydroxyl groups is 2. The van der Waals surface area contributed by atoms with E-state index in [1.807, 2.05) is 0 Å². The Labute approximate surface area is 40.3 Å². The Bertz CT molecular complexity index is 48.9. The highest BCUT2D eigenvalue weighted by Crippen LogP contribution is 1.79. The number of rotatable bonds is 2. The second-order valence-corrected chi connectivity index (χ2v) is 1.19. The van der Waals surface area contributed by atoms with Crippen LogP contribution in [0.4, 0.5) is 0 Å². The molecule has 0 aliphatic rings. The van der Waals surface area contributed by atoms with Gasteiger partial charge in [0.1, 0.15) is 6.61 Å². The molecule has 7 heavy (non-hydrogen) atoms. The highest BCUT2D eigenvalue weighted by molar-refractivity contribution is 4.56. The van der Waals surface area contributed by atoms with E-state index in [9.17, 15) is 0 Å². The molecule has 5 heteroatoms. The van der Waals surface area contributed by atoms with E-state index in [0.29, 0.717) is 0 Å². The minimum atomic E-state index is -2.06. The maximum absolute atomic E-state index is 8.30. The molecule has 0 saturated carbocycles. The third-order valence-electron chi connectivity index (χ3n) is 0.435. The van der Waals surface area contributed by atoms with Gasteiger partial charge < -0.3 is 15.4 Å².